The van der Waals surface area contributed by atoms with E-state index >= 15 is 0 Å². The molecule has 1 saturated heterocycles. The van der Waals surface area contributed by atoms with Crippen molar-refractivity contribution in [3.63, 3.8) is 0 Å². The van der Waals surface area contributed by atoms with Gasteiger partial charge in [0.1, 0.15) is 0 Å². The van der Waals surface area contributed by atoms with E-state index in [0.29, 0.717) is 12.0 Å². The van der Waals surface area contributed by atoms with E-state index in [0.717, 1.165) is 51.5 Å². The van der Waals surface area contributed by atoms with E-state index in [-0.39, 0.29) is 24.0 Å². The van der Waals surface area contributed by atoms with E-state index in [1.165, 1.54) is 11.1 Å². The Labute approximate surface area is 190 Å². The predicted molar refractivity (Wildman–Crippen MR) is 132 cm³/mol. The minimum absolute atomic E-state index is 0. The maximum atomic E-state index is 4.84. The van der Waals surface area contributed by atoms with Gasteiger partial charge in [0.05, 0.1) is 0 Å². The van der Waals surface area contributed by atoms with Gasteiger partial charge in [0, 0.05) is 44.7 Å². The Bertz CT molecular complexity index is 682. The van der Waals surface area contributed by atoms with Gasteiger partial charge in [-0.2, -0.15) is 11.3 Å². The second kappa shape index (κ2) is 12.4. The Morgan fingerprint density at radius 2 is 1.96 bits per heavy atom. The number of hydrogen-bond acceptors (Lipinski definition) is 3. The van der Waals surface area contributed by atoms with E-state index in [1.807, 2.05) is 0 Å². The van der Waals surface area contributed by atoms with Crippen LogP contribution in [-0.4, -0.2) is 43.1 Å². The van der Waals surface area contributed by atoms with Crippen LogP contribution in [0, 0.1) is 0 Å². The second-order valence-corrected chi connectivity index (χ2v) is 8.14. The lowest BCUT2D eigenvalue weighted by Crippen LogP contribution is -2.48. The van der Waals surface area contributed by atoms with E-state index in [1.54, 1.807) is 11.3 Å². The topological polar surface area (TPSA) is 39.7 Å². The number of thiophene rings is 1. The first-order valence-corrected chi connectivity index (χ1v) is 11.0. The summed E-state index contributed by atoms with van der Waals surface area (Å²) in [6, 6.07) is 13.5. The highest BCUT2D eigenvalue weighted by atomic mass is 127. The van der Waals surface area contributed by atoms with Crippen LogP contribution in [0.25, 0.3) is 0 Å². The normalized spacial score (nSPS) is 17.0. The van der Waals surface area contributed by atoms with Gasteiger partial charge in [0.2, 0.25) is 0 Å². The van der Waals surface area contributed by atoms with Gasteiger partial charge in [0.15, 0.2) is 5.96 Å². The van der Waals surface area contributed by atoms with Crippen LogP contribution in [0.3, 0.4) is 0 Å². The van der Waals surface area contributed by atoms with Crippen LogP contribution in [-0.2, 0) is 6.54 Å². The average Bonchev–Trinajstić information content (AvgIpc) is 3.23. The average molecular weight is 513 g/mol. The first kappa shape index (κ1) is 23.2. The molecule has 3 rings (SSSR count). The van der Waals surface area contributed by atoms with Gasteiger partial charge >= 0.3 is 0 Å². The Balaban J connectivity index is 0.00000280. The van der Waals surface area contributed by atoms with Crippen molar-refractivity contribution in [2.24, 2.45) is 4.99 Å². The molecule has 2 heterocycles. The lowest BCUT2D eigenvalue weighted by atomic mass is 10.0. The Morgan fingerprint density at radius 3 is 2.61 bits per heavy atom. The number of nitrogens with one attached hydrogen (secondary N) is 2. The third-order valence-corrected chi connectivity index (χ3v) is 5.86. The molecule has 154 valence electrons. The fourth-order valence-electron chi connectivity index (χ4n) is 3.48. The van der Waals surface area contributed by atoms with E-state index in [9.17, 15) is 0 Å². The van der Waals surface area contributed by atoms with Crippen LogP contribution in [0.4, 0.5) is 0 Å². The summed E-state index contributed by atoms with van der Waals surface area (Å²) in [5.74, 6) is 1.42. The maximum absolute atomic E-state index is 4.84. The summed E-state index contributed by atoms with van der Waals surface area (Å²) >= 11 is 1.76. The van der Waals surface area contributed by atoms with Crippen LogP contribution < -0.4 is 10.6 Å². The van der Waals surface area contributed by atoms with Gasteiger partial charge in [0.25, 0.3) is 0 Å². The van der Waals surface area contributed by atoms with Gasteiger partial charge in [-0.1, -0.05) is 37.3 Å². The Morgan fingerprint density at radius 1 is 1.21 bits per heavy atom. The molecule has 0 aliphatic carbocycles. The third kappa shape index (κ3) is 7.37. The predicted octanol–water partition coefficient (Wildman–Crippen LogP) is 4.69. The molecule has 0 bridgehead atoms. The van der Waals surface area contributed by atoms with Crippen LogP contribution >= 0.6 is 35.3 Å². The first-order chi connectivity index (χ1) is 13.2. The third-order valence-electron chi connectivity index (χ3n) is 5.16. The van der Waals surface area contributed by atoms with Crippen molar-refractivity contribution in [1.82, 2.24) is 15.5 Å². The minimum atomic E-state index is 0. The number of piperidine rings is 1. The summed E-state index contributed by atoms with van der Waals surface area (Å²) in [5.41, 5.74) is 2.79. The molecule has 1 atom stereocenters. The number of aliphatic imine (C=N–C) groups is 1. The summed E-state index contributed by atoms with van der Waals surface area (Å²) < 4.78 is 0. The summed E-state index contributed by atoms with van der Waals surface area (Å²) in [4.78, 5) is 7.39. The number of nitrogens with zero attached hydrogens (tertiary/aromatic N) is 2. The number of benzene rings is 1. The molecular formula is C22H33IN4S. The zero-order valence-corrected chi connectivity index (χ0v) is 20.1. The van der Waals surface area contributed by atoms with E-state index in [4.69, 9.17) is 4.99 Å². The largest absolute Gasteiger partial charge is 0.357 e. The molecule has 1 aliphatic rings. The smallest absolute Gasteiger partial charge is 0.191 e. The zero-order valence-electron chi connectivity index (χ0n) is 16.9. The first-order valence-electron chi connectivity index (χ1n) is 10.1. The highest BCUT2D eigenvalue weighted by Crippen LogP contribution is 2.18. The summed E-state index contributed by atoms with van der Waals surface area (Å²) in [7, 11) is 0. The fourth-order valence-corrected chi connectivity index (χ4v) is 4.26. The number of guanidine groups is 1. The van der Waals surface area contributed by atoms with Crippen LogP contribution in [0.1, 0.15) is 43.7 Å². The number of likely N-dealkylation sites (tertiary alicyclic amines) is 1. The number of rotatable bonds is 7. The molecule has 2 N–H and O–H groups in total. The molecule has 1 fully saturated rings. The molecular weight excluding hydrogens is 479 g/mol. The minimum Gasteiger partial charge on any atom is -0.357 e. The van der Waals surface area contributed by atoms with E-state index < -0.39 is 0 Å². The molecule has 6 heteroatoms. The fraction of sp³-hybridized carbons (Fsp3) is 0.500. The molecule has 0 radical (unpaired) electrons. The summed E-state index contributed by atoms with van der Waals surface area (Å²) in [5, 5.41) is 11.4. The molecule has 0 amide bonds. The van der Waals surface area contributed by atoms with Gasteiger partial charge in [-0.15, -0.1) is 24.0 Å². The lowest BCUT2D eigenvalue weighted by Gasteiger charge is -2.33. The lowest BCUT2D eigenvalue weighted by molar-refractivity contribution is 0.198. The quantitative estimate of drug-likeness (QED) is 0.321. The second-order valence-electron chi connectivity index (χ2n) is 7.36. The number of halogens is 1. The van der Waals surface area contributed by atoms with Crippen molar-refractivity contribution in [2.75, 3.05) is 26.2 Å². The van der Waals surface area contributed by atoms with Crippen LogP contribution in [0.5, 0.6) is 0 Å². The number of hydrogen-bond donors (Lipinski definition) is 2. The molecule has 2 aromatic rings. The van der Waals surface area contributed by atoms with Gasteiger partial charge in [-0.25, -0.2) is 0 Å². The monoisotopic (exact) mass is 512 g/mol. The molecule has 4 nitrogen and oxygen atoms in total. The standard InChI is InChI=1S/C22H32N4S.HI/c1-3-23-22(24-15-18(2)20-11-14-27-17-20)25-21-9-12-26(13-10-21)16-19-7-5-4-6-8-19;/h4-8,11,14,17-18,21H,3,9-10,12-13,15-16H2,1-2H3,(H2,23,24,25);1H. The van der Waals surface area contributed by atoms with Crippen molar-refractivity contribution < 1.29 is 0 Å². The van der Waals surface area contributed by atoms with Gasteiger partial charge in [-0.05, 0) is 47.7 Å². The highest BCUT2D eigenvalue weighted by Gasteiger charge is 2.20. The van der Waals surface area contributed by atoms with Crippen molar-refractivity contribution >= 4 is 41.3 Å². The molecule has 0 spiro atoms. The summed E-state index contributed by atoms with van der Waals surface area (Å²) in [6.07, 6.45) is 2.33. The van der Waals surface area contributed by atoms with Crippen molar-refractivity contribution in [1.29, 1.82) is 0 Å². The van der Waals surface area contributed by atoms with Gasteiger partial charge in [-0.3, -0.25) is 9.89 Å². The maximum Gasteiger partial charge on any atom is 0.191 e. The molecule has 1 aliphatic heterocycles. The molecule has 28 heavy (non-hydrogen) atoms. The molecule has 1 unspecified atom stereocenters. The van der Waals surface area contributed by atoms with E-state index in [2.05, 4.69) is 76.5 Å². The molecule has 1 aromatic heterocycles. The van der Waals surface area contributed by atoms with Crippen molar-refractivity contribution in [3.05, 3.63) is 58.3 Å². The highest BCUT2D eigenvalue weighted by molar-refractivity contribution is 14.0. The van der Waals surface area contributed by atoms with Crippen LogP contribution in [0.2, 0.25) is 0 Å². The zero-order chi connectivity index (χ0) is 18.9. The van der Waals surface area contributed by atoms with Crippen molar-refractivity contribution in [2.45, 2.75) is 45.2 Å². The van der Waals surface area contributed by atoms with Crippen LogP contribution in [0.15, 0.2) is 52.2 Å². The Hall–Kier alpha value is -1.12. The Kier molecular flexibility index (Phi) is 10.3. The van der Waals surface area contributed by atoms with Gasteiger partial charge < -0.3 is 10.6 Å². The molecule has 0 saturated carbocycles. The summed E-state index contributed by atoms with van der Waals surface area (Å²) in [6.45, 7) is 9.41. The van der Waals surface area contributed by atoms with Crippen molar-refractivity contribution in [3.8, 4) is 0 Å². The molecule has 1 aromatic carbocycles. The SMILES string of the molecule is CCNC(=NCC(C)c1ccsc1)NC1CCN(Cc2ccccc2)CC1.I.